The van der Waals surface area contributed by atoms with E-state index in [2.05, 4.69) is 35.9 Å². The van der Waals surface area contributed by atoms with Gasteiger partial charge in [-0.2, -0.15) is 10.1 Å². The molecule has 1 N–H and O–H groups in total. The molecule has 10 nitrogen and oxygen atoms in total. The molecule has 0 unspecified atom stereocenters. The fourth-order valence-electron chi connectivity index (χ4n) is 2.96. The van der Waals surface area contributed by atoms with E-state index in [1.807, 2.05) is 38.1 Å². The van der Waals surface area contributed by atoms with Crippen molar-refractivity contribution in [3.8, 4) is 5.69 Å². The molecule has 10 heteroatoms. The second-order valence-corrected chi connectivity index (χ2v) is 6.08. The van der Waals surface area contributed by atoms with Gasteiger partial charge >= 0.3 is 0 Å². The minimum Gasteiger partial charge on any atom is -0.326 e. The molecule has 0 saturated heterocycles. The number of rotatable bonds is 5. The van der Waals surface area contributed by atoms with Gasteiger partial charge in [0.05, 0.1) is 5.69 Å². The number of aryl methyl sites for hydroxylation is 2. The standard InChI is InChI=1S/C17H17N9O/c1-11-15(12(2)26-17(21-11)18-9-20-26)7-8-16(27)22-13-3-5-14(6-4-13)25-10-19-23-24-25/h3-6,9-10H,7-8H2,1-2H3,(H,22,27). The normalized spacial score (nSPS) is 11.0. The Kier molecular flexibility index (Phi) is 4.29. The molecule has 0 bridgehead atoms. The fourth-order valence-corrected chi connectivity index (χ4v) is 2.96. The van der Waals surface area contributed by atoms with Crippen molar-refractivity contribution in [1.29, 1.82) is 0 Å². The van der Waals surface area contributed by atoms with Crippen LogP contribution in [0.1, 0.15) is 23.4 Å². The second-order valence-electron chi connectivity index (χ2n) is 6.08. The number of benzene rings is 1. The highest BCUT2D eigenvalue weighted by Gasteiger charge is 2.12. The highest BCUT2D eigenvalue weighted by molar-refractivity contribution is 5.90. The molecule has 136 valence electrons. The van der Waals surface area contributed by atoms with Crippen molar-refractivity contribution in [2.24, 2.45) is 0 Å². The van der Waals surface area contributed by atoms with Gasteiger partial charge < -0.3 is 5.32 Å². The molecule has 27 heavy (non-hydrogen) atoms. The average Bonchev–Trinajstić information content (AvgIpc) is 3.34. The Hall–Kier alpha value is -3.69. The molecule has 0 fully saturated rings. The van der Waals surface area contributed by atoms with E-state index in [0.29, 0.717) is 18.6 Å². The van der Waals surface area contributed by atoms with Gasteiger partial charge in [0.1, 0.15) is 12.7 Å². The summed E-state index contributed by atoms with van der Waals surface area (Å²) < 4.78 is 3.24. The van der Waals surface area contributed by atoms with Crippen LogP contribution in [0.25, 0.3) is 11.5 Å². The summed E-state index contributed by atoms with van der Waals surface area (Å²) in [6.45, 7) is 3.88. The van der Waals surface area contributed by atoms with Crippen LogP contribution >= 0.6 is 0 Å². The van der Waals surface area contributed by atoms with Crippen LogP contribution in [0.4, 0.5) is 5.69 Å². The molecule has 0 aliphatic rings. The molecule has 0 atom stereocenters. The number of carbonyl (C=O) groups excluding carboxylic acids is 1. The smallest absolute Gasteiger partial charge is 0.252 e. The molecule has 1 aromatic carbocycles. The number of hydrogen-bond acceptors (Lipinski definition) is 7. The Morgan fingerprint density at radius 3 is 2.74 bits per heavy atom. The summed E-state index contributed by atoms with van der Waals surface area (Å²) in [6.07, 6.45) is 3.91. The number of amides is 1. The molecule has 4 aromatic rings. The monoisotopic (exact) mass is 363 g/mol. The van der Waals surface area contributed by atoms with Crippen molar-refractivity contribution in [2.75, 3.05) is 5.32 Å². The van der Waals surface area contributed by atoms with Crippen LogP contribution in [0.15, 0.2) is 36.9 Å². The quantitative estimate of drug-likeness (QED) is 0.568. The van der Waals surface area contributed by atoms with Crippen molar-refractivity contribution < 1.29 is 4.79 Å². The number of nitrogens with zero attached hydrogens (tertiary/aromatic N) is 8. The third kappa shape index (κ3) is 3.36. The van der Waals surface area contributed by atoms with Gasteiger partial charge in [0.2, 0.25) is 5.91 Å². The maximum absolute atomic E-state index is 12.3. The molecular formula is C17H17N9O. The van der Waals surface area contributed by atoms with Crippen LogP contribution < -0.4 is 5.32 Å². The fraction of sp³-hybridized carbons (Fsp3) is 0.235. The van der Waals surface area contributed by atoms with E-state index >= 15 is 0 Å². The molecule has 3 aromatic heterocycles. The lowest BCUT2D eigenvalue weighted by molar-refractivity contribution is -0.116. The summed E-state index contributed by atoms with van der Waals surface area (Å²) in [7, 11) is 0. The number of carbonyl (C=O) groups is 1. The number of fused-ring (bicyclic) bond motifs is 1. The summed E-state index contributed by atoms with van der Waals surface area (Å²) in [6, 6.07) is 7.30. The largest absolute Gasteiger partial charge is 0.326 e. The minimum atomic E-state index is -0.0670. The number of hydrogen-bond donors (Lipinski definition) is 1. The predicted molar refractivity (Wildman–Crippen MR) is 96.4 cm³/mol. The maximum Gasteiger partial charge on any atom is 0.252 e. The summed E-state index contributed by atoms with van der Waals surface area (Å²) in [5.74, 6) is 0.503. The van der Waals surface area contributed by atoms with E-state index in [9.17, 15) is 4.79 Å². The van der Waals surface area contributed by atoms with Crippen LogP contribution in [0, 0.1) is 13.8 Å². The first-order valence-corrected chi connectivity index (χ1v) is 8.41. The van der Waals surface area contributed by atoms with Crippen molar-refractivity contribution in [1.82, 2.24) is 39.8 Å². The maximum atomic E-state index is 12.3. The lowest BCUT2D eigenvalue weighted by Crippen LogP contribution is -2.14. The van der Waals surface area contributed by atoms with E-state index in [0.717, 1.165) is 28.3 Å². The van der Waals surface area contributed by atoms with E-state index in [-0.39, 0.29) is 5.91 Å². The first-order chi connectivity index (χ1) is 13.1. The van der Waals surface area contributed by atoms with Gasteiger partial charge in [-0.1, -0.05) is 0 Å². The Morgan fingerprint density at radius 2 is 2.00 bits per heavy atom. The van der Waals surface area contributed by atoms with Gasteiger partial charge in [-0.25, -0.2) is 14.2 Å². The summed E-state index contributed by atoms with van der Waals surface area (Å²) in [5, 5.41) is 18.1. The SMILES string of the molecule is Cc1nc2ncnn2c(C)c1CCC(=O)Nc1ccc(-n2cnnn2)cc1. The highest BCUT2D eigenvalue weighted by Crippen LogP contribution is 2.16. The van der Waals surface area contributed by atoms with Crippen molar-refractivity contribution in [3.05, 3.63) is 53.9 Å². The summed E-state index contributed by atoms with van der Waals surface area (Å²) in [5.41, 5.74) is 4.36. The summed E-state index contributed by atoms with van der Waals surface area (Å²) >= 11 is 0. The molecule has 0 spiro atoms. The van der Waals surface area contributed by atoms with Gasteiger partial charge in [0.15, 0.2) is 0 Å². The molecule has 0 radical (unpaired) electrons. The molecule has 0 saturated carbocycles. The topological polar surface area (TPSA) is 116 Å². The Morgan fingerprint density at radius 1 is 1.19 bits per heavy atom. The van der Waals surface area contributed by atoms with Gasteiger partial charge in [-0.15, -0.1) is 5.10 Å². The minimum absolute atomic E-state index is 0.0670. The lowest BCUT2D eigenvalue weighted by atomic mass is 10.1. The molecule has 4 rings (SSSR count). The van der Waals surface area contributed by atoms with Gasteiger partial charge in [-0.3, -0.25) is 4.79 Å². The third-order valence-corrected chi connectivity index (χ3v) is 4.36. The molecule has 0 aliphatic heterocycles. The molecule has 3 heterocycles. The zero-order chi connectivity index (χ0) is 18.8. The molecule has 1 amide bonds. The van der Waals surface area contributed by atoms with E-state index in [4.69, 9.17) is 0 Å². The van der Waals surface area contributed by atoms with E-state index in [1.54, 1.807) is 9.20 Å². The van der Waals surface area contributed by atoms with Crippen molar-refractivity contribution in [3.63, 3.8) is 0 Å². The number of anilines is 1. The zero-order valence-corrected chi connectivity index (χ0v) is 14.9. The average molecular weight is 363 g/mol. The van der Waals surface area contributed by atoms with Crippen LogP contribution in [-0.2, 0) is 11.2 Å². The number of nitrogens with one attached hydrogen (secondary N) is 1. The van der Waals surface area contributed by atoms with Crippen LogP contribution in [0.3, 0.4) is 0 Å². The first-order valence-electron chi connectivity index (χ1n) is 8.41. The van der Waals surface area contributed by atoms with Gasteiger partial charge in [-0.05, 0) is 60.5 Å². The number of aromatic nitrogens is 8. The molecule has 0 aliphatic carbocycles. The Bertz CT molecular complexity index is 1080. The van der Waals surface area contributed by atoms with E-state index in [1.165, 1.54) is 12.7 Å². The van der Waals surface area contributed by atoms with Gasteiger partial charge in [0, 0.05) is 23.5 Å². The predicted octanol–water partition coefficient (Wildman–Crippen LogP) is 1.29. The third-order valence-electron chi connectivity index (χ3n) is 4.36. The summed E-state index contributed by atoms with van der Waals surface area (Å²) in [4.78, 5) is 20.9. The lowest BCUT2D eigenvalue weighted by Gasteiger charge is -2.11. The number of tetrazole rings is 1. The van der Waals surface area contributed by atoms with Crippen molar-refractivity contribution >= 4 is 17.4 Å². The van der Waals surface area contributed by atoms with Crippen LogP contribution in [0.5, 0.6) is 0 Å². The van der Waals surface area contributed by atoms with E-state index < -0.39 is 0 Å². The van der Waals surface area contributed by atoms with Crippen molar-refractivity contribution in [2.45, 2.75) is 26.7 Å². The van der Waals surface area contributed by atoms with Crippen LogP contribution in [0.2, 0.25) is 0 Å². The highest BCUT2D eigenvalue weighted by atomic mass is 16.1. The Balaban J connectivity index is 1.41. The van der Waals surface area contributed by atoms with Crippen LogP contribution in [-0.4, -0.2) is 45.7 Å². The van der Waals surface area contributed by atoms with Gasteiger partial charge in [0.25, 0.3) is 5.78 Å². The zero-order valence-electron chi connectivity index (χ0n) is 14.9. The second kappa shape index (κ2) is 6.90. The first kappa shape index (κ1) is 16.8. The molecular weight excluding hydrogens is 346 g/mol. The Labute approximate surface area is 154 Å².